The fourth-order valence-electron chi connectivity index (χ4n) is 5.51. The average molecular weight is 354 g/mol. The summed E-state index contributed by atoms with van der Waals surface area (Å²) in [7, 11) is 0. The zero-order valence-electron chi connectivity index (χ0n) is 15.6. The molecule has 0 N–H and O–H groups in total. The number of benzene rings is 2. The summed E-state index contributed by atoms with van der Waals surface area (Å²) in [5, 5.41) is 2.27. The van der Waals surface area contributed by atoms with Crippen LogP contribution in [0.2, 0.25) is 0 Å². The summed E-state index contributed by atoms with van der Waals surface area (Å²) >= 11 is 0. The third kappa shape index (κ3) is 1.94. The van der Waals surface area contributed by atoms with Crippen LogP contribution in [0, 0.1) is 6.92 Å². The van der Waals surface area contributed by atoms with Gasteiger partial charge in [0, 0.05) is 28.9 Å². The maximum atomic E-state index is 6.31. The van der Waals surface area contributed by atoms with E-state index >= 15 is 0 Å². The third-order valence-corrected chi connectivity index (χ3v) is 6.71. The Morgan fingerprint density at radius 3 is 2.70 bits per heavy atom. The minimum absolute atomic E-state index is 0.423. The Hall–Kier alpha value is -2.81. The van der Waals surface area contributed by atoms with Gasteiger partial charge in [-0.25, -0.2) is 4.98 Å². The van der Waals surface area contributed by atoms with Gasteiger partial charge in [-0.3, -0.25) is 0 Å². The van der Waals surface area contributed by atoms with Gasteiger partial charge in [-0.2, -0.15) is 0 Å². The van der Waals surface area contributed by atoms with E-state index in [1.165, 1.54) is 35.0 Å². The summed E-state index contributed by atoms with van der Waals surface area (Å²) in [6, 6.07) is 18.4. The average Bonchev–Trinajstić information content (AvgIpc) is 3.08. The molecule has 134 valence electrons. The fourth-order valence-corrected chi connectivity index (χ4v) is 5.51. The Kier molecular flexibility index (Phi) is 3.03. The molecule has 3 unspecified atom stereocenters. The van der Waals surface area contributed by atoms with Crippen LogP contribution in [0.15, 0.2) is 59.1 Å². The highest BCUT2D eigenvalue weighted by Gasteiger charge is 2.44. The van der Waals surface area contributed by atoms with Crippen LogP contribution in [-0.4, -0.2) is 11.0 Å². The Balaban J connectivity index is 1.63. The van der Waals surface area contributed by atoms with Crippen molar-refractivity contribution < 1.29 is 4.42 Å². The fraction of sp³-hybridized carbons (Fsp3) is 0.292. The van der Waals surface area contributed by atoms with Crippen molar-refractivity contribution >= 4 is 27.8 Å². The molecular weight excluding hydrogens is 332 g/mol. The lowest BCUT2D eigenvalue weighted by molar-refractivity contribution is 0.324. The molecule has 1 fully saturated rings. The number of aromatic nitrogens is 1. The van der Waals surface area contributed by atoms with Crippen molar-refractivity contribution in [1.82, 2.24) is 4.98 Å². The van der Waals surface area contributed by atoms with Crippen LogP contribution in [-0.2, 0) is 0 Å². The first-order valence-corrected chi connectivity index (χ1v) is 9.88. The molecule has 3 nitrogen and oxygen atoms in total. The molecule has 0 radical (unpaired) electrons. The molecule has 2 bridgehead atoms. The van der Waals surface area contributed by atoms with Gasteiger partial charge < -0.3 is 9.32 Å². The number of nitrogens with zero attached hydrogens (tertiary/aromatic N) is 2. The van der Waals surface area contributed by atoms with Gasteiger partial charge in [-0.15, -0.1) is 0 Å². The summed E-state index contributed by atoms with van der Waals surface area (Å²) in [5.74, 6) is 0.586. The minimum atomic E-state index is 0.423. The molecule has 27 heavy (non-hydrogen) atoms. The molecule has 4 heterocycles. The molecule has 0 saturated carbocycles. The van der Waals surface area contributed by atoms with Crippen molar-refractivity contribution in [1.29, 1.82) is 0 Å². The topological polar surface area (TPSA) is 29.3 Å². The van der Waals surface area contributed by atoms with Crippen LogP contribution >= 0.6 is 0 Å². The summed E-state index contributed by atoms with van der Waals surface area (Å²) < 4.78 is 6.31. The molecule has 3 heteroatoms. The smallest absolute Gasteiger partial charge is 0.227 e. The molecule has 1 saturated heterocycles. The third-order valence-electron chi connectivity index (χ3n) is 6.71. The van der Waals surface area contributed by atoms with Crippen molar-refractivity contribution in [2.75, 3.05) is 4.90 Å². The first kappa shape index (κ1) is 15.3. The van der Waals surface area contributed by atoms with Gasteiger partial charge in [-0.1, -0.05) is 36.4 Å². The molecule has 3 aliphatic rings. The molecule has 2 aliphatic heterocycles. The zero-order chi connectivity index (χ0) is 18.1. The number of fused-ring (bicyclic) bond motifs is 5. The van der Waals surface area contributed by atoms with E-state index in [0.29, 0.717) is 18.0 Å². The molecular formula is C24H22N2O. The van der Waals surface area contributed by atoms with E-state index in [1.54, 1.807) is 11.8 Å². The van der Waals surface area contributed by atoms with E-state index < -0.39 is 0 Å². The number of hydrogen-bond donors (Lipinski definition) is 0. The first-order chi connectivity index (χ1) is 13.2. The molecule has 7 rings (SSSR count). The van der Waals surface area contributed by atoms with E-state index in [1.807, 2.05) is 6.07 Å². The Bertz CT molecular complexity index is 1190. The van der Waals surface area contributed by atoms with Crippen LogP contribution in [0.3, 0.4) is 0 Å². The summed E-state index contributed by atoms with van der Waals surface area (Å²) in [6.07, 6.45) is 4.29. The van der Waals surface area contributed by atoms with Crippen LogP contribution in [0.25, 0.3) is 22.1 Å². The van der Waals surface area contributed by atoms with E-state index in [4.69, 9.17) is 4.42 Å². The van der Waals surface area contributed by atoms with Crippen LogP contribution < -0.4 is 4.90 Å². The zero-order valence-corrected chi connectivity index (χ0v) is 15.6. The van der Waals surface area contributed by atoms with Crippen molar-refractivity contribution in [2.45, 2.75) is 44.7 Å². The van der Waals surface area contributed by atoms with Crippen molar-refractivity contribution in [3.05, 3.63) is 71.4 Å². The van der Waals surface area contributed by atoms with Gasteiger partial charge in [-0.05, 0) is 55.5 Å². The molecule has 2 aromatic heterocycles. The van der Waals surface area contributed by atoms with E-state index in [9.17, 15) is 0 Å². The molecule has 3 atom stereocenters. The monoisotopic (exact) mass is 354 g/mol. The number of pyridine rings is 1. The van der Waals surface area contributed by atoms with Gasteiger partial charge in [0.1, 0.15) is 0 Å². The SMILES string of the molecule is Cc1ccc2c(oc3ncccc32)c1N1C2CCC(c3ccccc32)C1C. The standard InChI is InChI=1S/C24H22N2O/c1-14-9-10-19-20-8-5-13-25-24(20)27-23(19)22(14)26-15(2)16-11-12-21(26)18-7-4-3-6-17(16)18/h3-10,13,15-16,21H,11-12H2,1-2H3. The van der Waals surface area contributed by atoms with Gasteiger partial charge in [0.2, 0.25) is 5.71 Å². The predicted molar refractivity (Wildman–Crippen MR) is 109 cm³/mol. The van der Waals surface area contributed by atoms with Crippen LogP contribution in [0.5, 0.6) is 0 Å². The Morgan fingerprint density at radius 1 is 0.963 bits per heavy atom. The van der Waals surface area contributed by atoms with Gasteiger partial charge in [0.05, 0.1) is 11.7 Å². The van der Waals surface area contributed by atoms with Crippen molar-refractivity contribution in [3.63, 3.8) is 0 Å². The lowest BCUT2D eigenvalue weighted by atomic mass is 9.70. The number of aryl methyl sites for hydroxylation is 1. The van der Waals surface area contributed by atoms with Crippen molar-refractivity contribution in [3.8, 4) is 0 Å². The normalized spacial score (nSPS) is 23.9. The van der Waals surface area contributed by atoms with Gasteiger partial charge >= 0.3 is 0 Å². The second-order valence-electron chi connectivity index (χ2n) is 8.04. The second-order valence-corrected chi connectivity index (χ2v) is 8.04. The number of piperidine rings is 1. The Labute approximate surface area is 158 Å². The quantitative estimate of drug-likeness (QED) is 0.412. The Morgan fingerprint density at radius 2 is 1.81 bits per heavy atom. The first-order valence-electron chi connectivity index (χ1n) is 9.88. The summed E-state index contributed by atoms with van der Waals surface area (Å²) in [6.45, 7) is 4.59. The van der Waals surface area contributed by atoms with E-state index in [0.717, 1.165) is 16.7 Å². The number of rotatable bonds is 1. The molecule has 0 spiro atoms. The van der Waals surface area contributed by atoms with Crippen LogP contribution in [0.4, 0.5) is 5.69 Å². The molecule has 0 amide bonds. The molecule has 4 aromatic rings. The van der Waals surface area contributed by atoms with Gasteiger partial charge in [0.15, 0.2) is 5.58 Å². The number of hydrogen-bond acceptors (Lipinski definition) is 3. The largest absolute Gasteiger partial charge is 0.436 e. The maximum Gasteiger partial charge on any atom is 0.227 e. The number of furan rings is 1. The predicted octanol–water partition coefficient (Wildman–Crippen LogP) is 6.12. The highest BCUT2D eigenvalue weighted by molar-refractivity contribution is 6.08. The lowest BCUT2D eigenvalue weighted by Gasteiger charge is -2.52. The number of anilines is 1. The second kappa shape index (κ2) is 5.35. The van der Waals surface area contributed by atoms with E-state index in [2.05, 4.69) is 66.2 Å². The minimum Gasteiger partial charge on any atom is -0.436 e. The van der Waals surface area contributed by atoms with Crippen molar-refractivity contribution in [2.24, 2.45) is 0 Å². The van der Waals surface area contributed by atoms with E-state index in [-0.39, 0.29) is 0 Å². The summed E-state index contributed by atoms with van der Waals surface area (Å²) in [4.78, 5) is 7.09. The highest BCUT2D eigenvalue weighted by Crippen LogP contribution is 2.53. The lowest BCUT2D eigenvalue weighted by Crippen LogP contribution is -2.49. The molecule has 1 aliphatic carbocycles. The molecule has 2 aromatic carbocycles. The highest BCUT2D eigenvalue weighted by atomic mass is 16.3. The van der Waals surface area contributed by atoms with Crippen LogP contribution in [0.1, 0.15) is 48.4 Å². The van der Waals surface area contributed by atoms with Gasteiger partial charge in [0.25, 0.3) is 0 Å². The summed E-state index contributed by atoms with van der Waals surface area (Å²) in [5.41, 5.74) is 7.29. The maximum absolute atomic E-state index is 6.31.